The van der Waals surface area contributed by atoms with Crippen LogP contribution in [0.5, 0.6) is 17.2 Å². The van der Waals surface area contributed by atoms with Crippen molar-refractivity contribution in [2.75, 3.05) is 32.3 Å². The summed E-state index contributed by atoms with van der Waals surface area (Å²) >= 11 is 0. The first kappa shape index (κ1) is 25.0. The highest BCUT2D eigenvalue weighted by atomic mass is 19.1. The van der Waals surface area contributed by atoms with E-state index >= 15 is 0 Å². The first-order valence-electron chi connectivity index (χ1n) is 10.9. The fourth-order valence-corrected chi connectivity index (χ4v) is 3.72. The van der Waals surface area contributed by atoms with Crippen LogP contribution in [0.15, 0.2) is 24.5 Å². The molecule has 0 bridgehead atoms. The van der Waals surface area contributed by atoms with Crippen molar-refractivity contribution in [1.29, 1.82) is 0 Å². The molecule has 2 heterocycles. The lowest BCUT2D eigenvalue weighted by atomic mass is 9.98. The molecule has 0 aliphatic heterocycles. The van der Waals surface area contributed by atoms with Crippen molar-refractivity contribution in [2.45, 2.75) is 51.7 Å². The Morgan fingerprint density at radius 3 is 2.41 bits per heavy atom. The third kappa shape index (κ3) is 6.03. The Balaban J connectivity index is 1.71. The number of hydrogen-bond donors (Lipinski definition) is 2. The van der Waals surface area contributed by atoms with Gasteiger partial charge in [0.15, 0.2) is 11.5 Å². The second-order valence-electron chi connectivity index (χ2n) is 8.70. The van der Waals surface area contributed by atoms with Gasteiger partial charge in [-0.15, -0.1) is 5.10 Å². The number of benzene rings is 1. The van der Waals surface area contributed by atoms with E-state index in [-0.39, 0.29) is 5.95 Å². The fraction of sp³-hybridized carbons (Fsp3) is 0.478. The summed E-state index contributed by atoms with van der Waals surface area (Å²) in [5, 5.41) is 8.36. The van der Waals surface area contributed by atoms with Crippen LogP contribution in [0.25, 0.3) is 0 Å². The summed E-state index contributed by atoms with van der Waals surface area (Å²) in [6.07, 6.45) is 3.81. The van der Waals surface area contributed by atoms with Gasteiger partial charge in [-0.3, -0.25) is 0 Å². The molecular weight excluding hydrogens is 441 g/mol. The van der Waals surface area contributed by atoms with Crippen LogP contribution in [0.2, 0.25) is 0 Å². The standard InChI is InChI=1S/C23H32FN7O3/c1-14(24)11-23(2,3)31-13-17(29-30-31)6-7-34-20-18(32-4)9-15(10-19(20)33-5)8-16-12-27-22(26)28-21(16)25/h9-10,12-14H,6-8,11H2,1-5H3,(H4,25,26,27,28). The van der Waals surface area contributed by atoms with Crippen molar-refractivity contribution in [2.24, 2.45) is 0 Å². The molecule has 1 aromatic carbocycles. The van der Waals surface area contributed by atoms with Crippen molar-refractivity contribution in [1.82, 2.24) is 25.0 Å². The van der Waals surface area contributed by atoms with E-state index in [9.17, 15) is 4.39 Å². The van der Waals surface area contributed by atoms with Gasteiger partial charge < -0.3 is 25.7 Å². The number of nitrogens with two attached hydrogens (primary N) is 2. The van der Waals surface area contributed by atoms with E-state index < -0.39 is 11.7 Å². The Morgan fingerprint density at radius 2 is 1.82 bits per heavy atom. The van der Waals surface area contributed by atoms with E-state index in [2.05, 4.69) is 20.3 Å². The van der Waals surface area contributed by atoms with E-state index in [0.29, 0.717) is 48.9 Å². The van der Waals surface area contributed by atoms with Gasteiger partial charge in [-0.25, -0.2) is 14.1 Å². The second kappa shape index (κ2) is 10.5. The zero-order valence-corrected chi connectivity index (χ0v) is 20.2. The van der Waals surface area contributed by atoms with E-state index in [1.807, 2.05) is 32.2 Å². The summed E-state index contributed by atoms with van der Waals surface area (Å²) in [5.41, 5.74) is 13.4. The molecule has 34 heavy (non-hydrogen) atoms. The molecule has 0 radical (unpaired) electrons. The maximum absolute atomic E-state index is 13.5. The van der Waals surface area contributed by atoms with Gasteiger partial charge in [-0.1, -0.05) is 5.21 Å². The average Bonchev–Trinajstić information content (AvgIpc) is 3.25. The number of ether oxygens (including phenoxy) is 3. The smallest absolute Gasteiger partial charge is 0.221 e. The quantitative estimate of drug-likeness (QED) is 0.431. The third-order valence-corrected chi connectivity index (χ3v) is 5.38. The highest BCUT2D eigenvalue weighted by Gasteiger charge is 2.25. The van der Waals surface area contributed by atoms with Crippen molar-refractivity contribution in [3.8, 4) is 17.2 Å². The summed E-state index contributed by atoms with van der Waals surface area (Å²) in [5.74, 6) is 1.97. The lowest BCUT2D eigenvalue weighted by Crippen LogP contribution is -2.29. The minimum atomic E-state index is -0.933. The van der Waals surface area contributed by atoms with Gasteiger partial charge in [0.2, 0.25) is 11.7 Å². The summed E-state index contributed by atoms with van der Waals surface area (Å²) in [4.78, 5) is 8.01. The van der Waals surface area contributed by atoms with Gasteiger partial charge in [0.1, 0.15) is 5.82 Å². The van der Waals surface area contributed by atoms with Crippen LogP contribution in [0, 0.1) is 0 Å². The number of rotatable bonds is 11. The predicted molar refractivity (Wildman–Crippen MR) is 127 cm³/mol. The highest BCUT2D eigenvalue weighted by molar-refractivity contribution is 5.55. The molecule has 0 aliphatic carbocycles. The van der Waals surface area contributed by atoms with Crippen LogP contribution in [0.4, 0.5) is 16.2 Å². The Hall–Kier alpha value is -3.63. The largest absolute Gasteiger partial charge is 0.493 e. The number of anilines is 2. The van der Waals surface area contributed by atoms with Crippen LogP contribution in [0.3, 0.4) is 0 Å². The van der Waals surface area contributed by atoms with Gasteiger partial charge in [-0.2, -0.15) is 4.98 Å². The van der Waals surface area contributed by atoms with Crippen LogP contribution in [0.1, 0.15) is 44.0 Å². The SMILES string of the molecule is COc1cc(Cc2cnc(N)nc2N)cc(OC)c1OCCc1cn(C(C)(C)CC(C)F)nn1. The third-order valence-electron chi connectivity index (χ3n) is 5.38. The summed E-state index contributed by atoms with van der Waals surface area (Å²) in [6, 6.07) is 3.70. The van der Waals surface area contributed by atoms with E-state index in [4.69, 9.17) is 25.7 Å². The van der Waals surface area contributed by atoms with Crippen molar-refractivity contribution in [3.63, 3.8) is 0 Å². The number of halogens is 1. The molecule has 0 saturated heterocycles. The molecule has 3 rings (SSSR count). The van der Waals surface area contributed by atoms with Crippen molar-refractivity contribution >= 4 is 11.8 Å². The maximum atomic E-state index is 13.5. The van der Waals surface area contributed by atoms with Crippen LogP contribution in [-0.2, 0) is 18.4 Å². The molecule has 3 aromatic rings. The Morgan fingerprint density at radius 1 is 1.15 bits per heavy atom. The van der Waals surface area contributed by atoms with Gasteiger partial charge in [-0.05, 0) is 38.5 Å². The first-order valence-corrected chi connectivity index (χ1v) is 10.9. The van der Waals surface area contributed by atoms with E-state index in [1.165, 1.54) is 6.92 Å². The molecule has 10 nitrogen and oxygen atoms in total. The van der Waals surface area contributed by atoms with Crippen molar-refractivity contribution < 1.29 is 18.6 Å². The second-order valence-corrected chi connectivity index (χ2v) is 8.70. The molecule has 0 spiro atoms. The van der Waals surface area contributed by atoms with Gasteiger partial charge in [0.25, 0.3) is 0 Å². The number of nitrogens with zero attached hydrogens (tertiary/aromatic N) is 5. The molecule has 0 aliphatic rings. The molecule has 184 valence electrons. The molecule has 4 N–H and O–H groups in total. The molecule has 11 heteroatoms. The maximum Gasteiger partial charge on any atom is 0.221 e. The zero-order valence-electron chi connectivity index (χ0n) is 20.2. The summed E-state index contributed by atoms with van der Waals surface area (Å²) in [6.45, 7) is 5.72. The topological polar surface area (TPSA) is 136 Å². The van der Waals surface area contributed by atoms with Crippen molar-refractivity contribution in [3.05, 3.63) is 41.3 Å². The minimum Gasteiger partial charge on any atom is -0.493 e. The fourth-order valence-electron chi connectivity index (χ4n) is 3.72. The Bertz CT molecular complexity index is 1090. The predicted octanol–water partition coefficient (Wildman–Crippen LogP) is 2.95. The normalized spacial score (nSPS) is 12.4. The minimum absolute atomic E-state index is 0.126. The summed E-state index contributed by atoms with van der Waals surface area (Å²) < 4.78 is 32.3. The molecule has 0 amide bonds. The number of aromatic nitrogens is 5. The Labute approximate surface area is 198 Å². The van der Waals surface area contributed by atoms with Crippen LogP contribution >= 0.6 is 0 Å². The van der Waals surface area contributed by atoms with Gasteiger partial charge in [0.05, 0.1) is 38.2 Å². The molecular formula is C23H32FN7O3. The highest BCUT2D eigenvalue weighted by Crippen LogP contribution is 2.39. The van der Waals surface area contributed by atoms with E-state index in [0.717, 1.165) is 16.8 Å². The molecule has 2 aromatic heterocycles. The lowest BCUT2D eigenvalue weighted by molar-refractivity contribution is 0.206. The number of methoxy groups -OCH3 is 2. The zero-order chi connectivity index (χ0) is 24.9. The number of nitrogen functional groups attached to an aromatic ring is 2. The van der Waals surface area contributed by atoms with Gasteiger partial charge in [0, 0.05) is 37.2 Å². The first-order chi connectivity index (χ1) is 16.1. The molecule has 1 unspecified atom stereocenters. The Kier molecular flexibility index (Phi) is 7.75. The van der Waals surface area contributed by atoms with Crippen LogP contribution < -0.4 is 25.7 Å². The summed E-state index contributed by atoms with van der Waals surface area (Å²) in [7, 11) is 3.12. The van der Waals surface area contributed by atoms with E-state index in [1.54, 1.807) is 25.1 Å². The monoisotopic (exact) mass is 473 g/mol. The number of hydrogen-bond acceptors (Lipinski definition) is 9. The number of alkyl halides is 1. The van der Waals surface area contributed by atoms with Crippen LogP contribution in [-0.4, -0.2) is 52.0 Å². The molecule has 1 atom stereocenters. The molecule has 0 fully saturated rings. The lowest BCUT2D eigenvalue weighted by Gasteiger charge is -2.25. The average molecular weight is 474 g/mol. The molecule has 0 saturated carbocycles. The van der Waals surface area contributed by atoms with Gasteiger partial charge >= 0.3 is 0 Å².